The maximum atomic E-state index is 12.8. The average Bonchev–Trinajstić information content (AvgIpc) is 2.77. The molecule has 0 aliphatic heterocycles. The molecule has 0 amide bonds. The van der Waals surface area contributed by atoms with Gasteiger partial charge < -0.3 is 9.64 Å². The first-order valence-electron chi connectivity index (χ1n) is 9.00. The van der Waals surface area contributed by atoms with Crippen LogP contribution in [0.2, 0.25) is 0 Å². The summed E-state index contributed by atoms with van der Waals surface area (Å²) in [6.45, 7) is 9.06. The first kappa shape index (κ1) is 22.7. The molecule has 0 spiro atoms. The highest BCUT2D eigenvalue weighted by Gasteiger charge is 2.14. The van der Waals surface area contributed by atoms with Gasteiger partial charge in [-0.05, 0) is 36.8 Å². The molecule has 0 N–H and O–H groups in total. The predicted molar refractivity (Wildman–Crippen MR) is 114 cm³/mol. The van der Waals surface area contributed by atoms with Crippen LogP contribution in [0.1, 0.15) is 24.6 Å². The van der Waals surface area contributed by atoms with Gasteiger partial charge in [-0.2, -0.15) is 5.10 Å². The Labute approximate surface area is 174 Å². The second-order valence-electron chi connectivity index (χ2n) is 6.22. The van der Waals surface area contributed by atoms with Crippen molar-refractivity contribution in [3.8, 4) is 5.88 Å². The van der Waals surface area contributed by atoms with Crippen molar-refractivity contribution < 1.29 is 13.5 Å². The maximum Gasteiger partial charge on any atom is 0.265 e. The Balaban J connectivity index is 2.18. The first-order chi connectivity index (χ1) is 14.4. The van der Waals surface area contributed by atoms with E-state index in [1.807, 2.05) is 7.05 Å². The zero-order valence-electron chi connectivity index (χ0n) is 17.2. The number of aromatic nitrogens is 3. The van der Waals surface area contributed by atoms with E-state index in [0.29, 0.717) is 28.7 Å². The monoisotopic (exact) mass is 414 g/mol. The molecular weight excluding hydrogens is 390 g/mol. The number of nitrogens with zero attached hydrogens (tertiary/aromatic N) is 6. The minimum Gasteiger partial charge on any atom is -0.470 e. The Bertz CT molecular complexity index is 910. The van der Waals surface area contributed by atoms with Crippen molar-refractivity contribution in [3.63, 3.8) is 0 Å². The average molecular weight is 414 g/mol. The van der Waals surface area contributed by atoms with Crippen LogP contribution in [0.4, 0.5) is 14.6 Å². The highest BCUT2D eigenvalue weighted by molar-refractivity contribution is 5.64. The van der Waals surface area contributed by atoms with E-state index in [1.165, 1.54) is 17.1 Å². The molecule has 158 valence electrons. The largest absolute Gasteiger partial charge is 0.470 e. The topological polar surface area (TPSA) is 66.7 Å². The number of hydrogen-bond donors (Lipinski definition) is 0. The number of likely N-dealkylation sites (N-methyl/N-ethyl adjacent to an activating group) is 1. The zero-order valence-corrected chi connectivity index (χ0v) is 17.2. The summed E-state index contributed by atoms with van der Waals surface area (Å²) in [6.07, 6.45) is 3.84. The van der Waals surface area contributed by atoms with Gasteiger partial charge in [0.2, 0.25) is 5.88 Å². The van der Waals surface area contributed by atoms with Crippen LogP contribution in [-0.4, -0.2) is 47.6 Å². The van der Waals surface area contributed by atoms with Crippen LogP contribution in [0, 0.1) is 0 Å². The van der Waals surface area contributed by atoms with E-state index in [-0.39, 0.29) is 12.2 Å². The molecule has 0 bridgehead atoms. The van der Waals surface area contributed by atoms with Crippen molar-refractivity contribution in [2.24, 2.45) is 5.10 Å². The first-order valence-corrected chi connectivity index (χ1v) is 9.00. The molecule has 0 unspecified atom stereocenters. The summed E-state index contributed by atoms with van der Waals surface area (Å²) >= 11 is 0. The highest BCUT2D eigenvalue weighted by Crippen LogP contribution is 2.23. The molecule has 0 aromatic carbocycles. The molecule has 2 aromatic heterocycles. The third kappa shape index (κ3) is 5.94. The number of halogens is 2. The molecule has 30 heavy (non-hydrogen) atoms. The quantitative estimate of drug-likeness (QED) is 0.328. The van der Waals surface area contributed by atoms with Crippen molar-refractivity contribution in [2.45, 2.75) is 13.3 Å². The summed E-state index contributed by atoms with van der Waals surface area (Å²) in [4.78, 5) is 5.91. The lowest BCUT2D eigenvalue weighted by atomic mass is 10.1. The van der Waals surface area contributed by atoms with Gasteiger partial charge in [0.1, 0.15) is 6.61 Å². The molecular formula is C21H24F2N6O. The van der Waals surface area contributed by atoms with Crippen molar-refractivity contribution in [1.82, 2.24) is 20.2 Å². The molecule has 9 heteroatoms. The fourth-order valence-electron chi connectivity index (χ4n) is 2.42. The molecule has 0 radical (unpaired) electrons. The summed E-state index contributed by atoms with van der Waals surface area (Å²) in [5.41, 5.74) is 1.76. The van der Waals surface area contributed by atoms with E-state index in [0.717, 1.165) is 6.20 Å². The third-order valence-corrected chi connectivity index (χ3v) is 4.25. The number of alkyl halides is 2. The van der Waals surface area contributed by atoms with Gasteiger partial charge in [-0.1, -0.05) is 12.7 Å². The summed E-state index contributed by atoms with van der Waals surface area (Å²) in [5, 5.41) is 13.6. The minimum atomic E-state index is -2.57. The van der Waals surface area contributed by atoms with Crippen molar-refractivity contribution >= 4 is 18.1 Å². The summed E-state index contributed by atoms with van der Waals surface area (Å²) in [6, 6.07) is 6.35. The van der Waals surface area contributed by atoms with Crippen molar-refractivity contribution in [3.05, 3.63) is 72.3 Å². The van der Waals surface area contributed by atoms with Gasteiger partial charge in [0.25, 0.3) is 6.43 Å². The number of ether oxygens (including phenoxy) is 1. The molecule has 2 rings (SSSR count). The van der Waals surface area contributed by atoms with Crippen molar-refractivity contribution in [1.29, 1.82) is 0 Å². The third-order valence-electron chi connectivity index (χ3n) is 4.25. The second kappa shape index (κ2) is 10.8. The van der Waals surface area contributed by atoms with E-state index < -0.39 is 6.43 Å². The van der Waals surface area contributed by atoms with Crippen LogP contribution >= 0.6 is 0 Å². The van der Waals surface area contributed by atoms with Gasteiger partial charge in [0.15, 0.2) is 5.82 Å². The van der Waals surface area contributed by atoms with E-state index in [2.05, 4.69) is 33.6 Å². The maximum absolute atomic E-state index is 12.8. The molecule has 2 aromatic rings. The van der Waals surface area contributed by atoms with Gasteiger partial charge >= 0.3 is 0 Å². The fraction of sp³-hybridized carbons (Fsp3) is 0.238. The lowest BCUT2D eigenvalue weighted by molar-refractivity contribution is 0.151. The Morgan fingerprint density at radius 1 is 1.23 bits per heavy atom. The second-order valence-corrected chi connectivity index (χ2v) is 6.22. The molecule has 0 fully saturated rings. The Kier molecular flexibility index (Phi) is 8.16. The van der Waals surface area contributed by atoms with Gasteiger partial charge in [-0.15, -0.1) is 10.2 Å². The summed E-state index contributed by atoms with van der Waals surface area (Å²) in [7, 11) is 3.55. The number of rotatable bonds is 10. The molecule has 0 saturated heterocycles. The Morgan fingerprint density at radius 3 is 2.53 bits per heavy atom. The van der Waals surface area contributed by atoms with Crippen LogP contribution < -0.4 is 9.64 Å². The van der Waals surface area contributed by atoms with Gasteiger partial charge in [0, 0.05) is 44.8 Å². The van der Waals surface area contributed by atoms with E-state index in [1.54, 1.807) is 49.4 Å². The summed E-state index contributed by atoms with van der Waals surface area (Å²) < 4.78 is 31.3. The van der Waals surface area contributed by atoms with Gasteiger partial charge in [-0.3, -0.25) is 9.99 Å². The number of pyridine rings is 1. The van der Waals surface area contributed by atoms with E-state index in [4.69, 9.17) is 4.74 Å². The van der Waals surface area contributed by atoms with Crippen LogP contribution in [0.15, 0.2) is 66.2 Å². The predicted octanol–water partition coefficient (Wildman–Crippen LogP) is 4.30. The number of hydrogen-bond acceptors (Lipinski definition) is 7. The highest BCUT2D eigenvalue weighted by atomic mass is 19.3. The number of anilines is 1. The smallest absolute Gasteiger partial charge is 0.265 e. The normalized spacial score (nSPS) is 11.9. The van der Waals surface area contributed by atoms with E-state index in [9.17, 15) is 8.78 Å². The van der Waals surface area contributed by atoms with Crippen LogP contribution in [0.25, 0.3) is 5.57 Å². The van der Waals surface area contributed by atoms with Gasteiger partial charge in [-0.25, -0.2) is 8.78 Å². The van der Waals surface area contributed by atoms with Crippen LogP contribution in [0.3, 0.4) is 0 Å². The summed E-state index contributed by atoms with van der Waals surface area (Å²) in [5.74, 6) is 0.962. The lowest BCUT2D eigenvalue weighted by Gasteiger charge is -2.20. The minimum absolute atomic E-state index is 0.111. The van der Waals surface area contributed by atoms with Gasteiger partial charge in [0.05, 0.1) is 11.4 Å². The fourth-order valence-corrected chi connectivity index (χ4v) is 2.42. The van der Waals surface area contributed by atoms with Crippen molar-refractivity contribution in [2.75, 3.05) is 25.6 Å². The van der Waals surface area contributed by atoms with Crippen LogP contribution in [0.5, 0.6) is 5.88 Å². The van der Waals surface area contributed by atoms with E-state index >= 15 is 0 Å². The standard InChI is InChI=1S/C21H24F2N6O/c1-6-7-12-28(4)19-10-11-20(27-26-19)30-14-18(29(5)24-3)15(2)17-9-8-16(13-25-17)21(22)23/h6-13,21H,1,3,14H2,2,4-5H3/b12-7-,18-15+. The molecule has 0 aliphatic carbocycles. The number of allylic oxidation sites excluding steroid dienone is 3. The molecule has 0 aliphatic rings. The molecule has 0 atom stereocenters. The zero-order chi connectivity index (χ0) is 22.1. The SMILES string of the molecule is C=C/C=C\N(C)c1ccc(OC/C(=C(/C)c2ccc(C(F)F)cn2)N(C)N=C)nn1. The Morgan fingerprint density at radius 2 is 2.00 bits per heavy atom. The molecule has 2 heterocycles. The number of hydrazone groups is 1. The Hall–Kier alpha value is -3.62. The molecule has 7 nitrogen and oxygen atoms in total. The lowest BCUT2D eigenvalue weighted by Crippen LogP contribution is -2.19. The molecule has 0 saturated carbocycles. The van der Waals surface area contributed by atoms with Crippen LogP contribution in [-0.2, 0) is 0 Å².